The van der Waals surface area contributed by atoms with Gasteiger partial charge in [0.05, 0.1) is 29.0 Å². The third-order valence-electron chi connectivity index (χ3n) is 7.47. The van der Waals surface area contributed by atoms with Crippen molar-refractivity contribution in [1.29, 1.82) is 0 Å². The van der Waals surface area contributed by atoms with Crippen molar-refractivity contribution in [2.24, 2.45) is 0 Å². The Balaban J connectivity index is 1.54. The van der Waals surface area contributed by atoms with Crippen LogP contribution in [0.3, 0.4) is 0 Å². The molecule has 1 unspecified atom stereocenters. The fourth-order valence-electron chi connectivity index (χ4n) is 5.69. The number of allylic oxidation sites excluding steroid dienone is 2. The van der Waals surface area contributed by atoms with Gasteiger partial charge < -0.3 is 35.6 Å². The summed E-state index contributed by atoms with van der Waals surface area (Å²) in [4.78, 5) is 11.5. The number of benzene rings is 3. The zero-order valence-corrected chi connectivity index (χ0v) is 20.2. The van der Waals surface area contributed by atoms with Crippen LogP contribution in [0.15, 0.2) is 36.4 Å². The standard InChI is InChI=1S/C27H26F3NO7/c1-11-21(32)17(31-26(37)27(28,29)30)10-13(38-11)9-12-5-4-8-16-18(12)25(36)20-19(24(16)35)22(33)14-6-2-3-7-15(14)23(20)34/h2-7,11-13,17,21,32-36H,8-10H2,1H3,(H,31,37)/t11-,12?,13+,17+,21+/m1/s1. The van der Waals surface area contributed by atoms with Crippen LogP contribution >= 0.6 is 0 Å². The van der Waals surface area contributed by atoms with Crippen LogP contribution in [-0.4, -0.2) is 62.0 Å². The van der Waals surface area contributed by atoms with Crippen LogP contribution in [0.1, 0.15) is 36.8 Å². The van der Waals surface area contributed by atoms with Crippen LogP contribution < -0.4 is 5.32 Å². The third-order valence-corrected chi connectivity index (χ3v) is 7.47. The highest BCUT2D eigenvalue weighted by molar-refractivity contribution is 6.15. The minimum atomic E-state index is -5.11. The van der Waals surface area contributed by atoms with E-state index in [-0.39, 0.29) is 58.4 Å². The fraction of sp³-hybridized carbons (Fsp3) is 0.370. The molecule has 0 aromatic heterocycles. The van der Waals surface area contributed by atoms with E-state index in [1.54, 1.807) is 36.4 Å². The Bertz CT molecular complexity index is 1470. The number of hydrogen-bond acceptors (Lipinski definition) is 7. The van der Waals surface area contributed by atoms with Gasteiger partial charge in [-0.3, -0.25) is 4.79 Å². The number of aromatic hydroxyl groups is 4. The lowest BCUT2D eigenvalue weighted by molar-refractivity contribution is -0.179. The molecule has 3 aromatic rings. The Kier molecular flexibility index (Phi) is 6.31. The van der Waals surface area contributed by atoms with Gasteiger partial charge >= 0.3 is 12.1 Å². The molecule has 0 radical (unpaired) electrons. The number of carbonyl (C=O) groups excluding carboxylic acids is 1. The highest BCUT2D eigenvalue weighted by Gasteiger charge is 2.44. The minimum absolute atomic E-state index is 0.0907. The topological polar surface area (TPSA) is 139 Å². The van der Waals surface area contributed by atoms with Crippen molar-refractivity contribution in [3.8, 4) is 23.0 Å². The first kappa shape index (κ1) is 25.9. The van der Waals surface area contributed by atoms with Gasteiger partial charge in [-0.2, -0.15) is 13.2 Å². The first-order chi connectivity index (χ1) is 17.9. The summed E-state index contributed by atoms with van der Waals surface area (Å²) in [5.41, 5.74) is 0.624. The maximum absolute atomic E-state index is 12.8. The van der Waals surface area contributed by atoms with Crippen LogP contribution in [0.4, 0.5) is 13.2 Å². The summed E-state index contributed by atoms with van der Waals surface area (Å²) in [5, 5.41) is 57.0. The van der Waals surface area contributed by atoms with E-state index < -0.39 is 42.4 Å². The number of halogens is 3. The molecule has 6 N–H and O–H groups in total. The number of nitrogens with one attached hydrogen (secondary N) is 1. The first-order valence-electron chi connectivity index (χ1n) is 12.1. The average Bonchev–Trinajstić information content (AvgIpc) is 2.87. The van der Waals surface area contributed by atoms with E-state index in [0.717, 1.165) is 0 Å². The Morgan fingerprint density at radius 1 is 1.03 bits per heavy atom. The van der Waals surface area contributed by atoms with E-state index in [0.29, 0.717) is 16.5 Å². The summed E-state index contributed by atoms with van der Waals surface area (Å²) in [6, 6.07) is 5.24. The number of amides is 1. The monoisotopic (exact) mass is 533 g/mol. The molecule has 1 heterocycles. The van der Waals surface area contributed by atoms with Gasteiger partial charge in [0.1, 0.15) is 29.1 Å². The van der Waals surface area contributed by atoms with Crippen molar-refractivity contribution in [3.05, 3.63) is 47.5 Å². The molecular formula is C27H26F3NO7. The van der Waals surface area contributed by atoms with Crippen LogP contribution in [-0.2, 0) is 16.0 Å². The number of phenols is 4. The Labute approximate surface area is 214 Å². The van der Waals surface area contributed by atoms with E-state index in [1.807, 2.05) is 5.32 Å². The number of aliphatic hydroxyl groups is 1. The van der Waals surface area contributed by atoms with Crippen LogP contribution in [0.25, 0.3) is 21.5 Å². The minimum Gasteiger partial charge on any atom is -0.507 e. The number of alkyl halides is 3. The summed E-state index contributed by atoms with van der Waals surface area (Å²) >= 11 is 0. The molecule has 202 valence electrons. The van der Waals surface area contributed by atoms with Crippen molar-refractivity contribution >= 4 is 27.5 Å². The Morgan fingerprint density at radius 3 is 2.24 bits per heavy atom. The lowest BCUT2D eigenvalue weighted by atomic mass is 9.79. The largest absolute Gasteiger partial charge is 0.507 e. The van der Waals surface area contributed by atoms with Crippen LogP contribution in [0.5, 0.6) is 23.0 Å². The van der Waals surface area contributed by atoms with Crippen LogP contribution in [0, 0.1) is 0 Å². The molecule has 0 bridgehead atoms. The maximum Gasteiger partial charge on any atom is 0.471 e. The predicted octanol–water partition coefficient (Wildman–Crippen LogP) is 3.99. The Hall–Kier alpha value is -3.70. The second-order valence-corrected chi connectivity index (χ2v) is 9.82. The fourth-order valence-corrected chi connectivity index (χ4v) is 5.69. The average molecular weight is 533 g/mol. The smallest absolute Gasteiger partial charge is 0.471 e. The molecule has 2 aliphatic rings. The normalized spacial score (nSPS) is 25.4. The van der Waals surface area contributed by atoms with Crippen molar-refractivity contribution < 1.29 is 48.2 Å². The number of hydrogen-bond donors (Lipinski definition) is 6. The van der Waals surface area contributed by atoms with E-state index in [2.05, 4.69) is 0 Å². The zero-order chi connectivity index (χ0) is 27.5. The first-order valence-corrected chi connectivity index (χ1v) is 12.1. The maximum atomic E-state index is 12.8. The molecule has 3 aromatic carbocycles. The summed E-state index contributed by atoms with van der Waals surface area (Å²) in [6.45, 7) is 1.48. The van der Waals surface area contributed by atoms with Gasteiger partial charge in [-0.1, -0.05) is 36.4 Å². The van der Waals surface area contributed by atoms with Crippen molar-refractivity contribution in [3.63, 3.8) is 0 Å². The zero-order valence-electron chi connectivity index (χ0n) is 20.2. The van der Waals surface area contributed by atoms with Crippen LogP contribution in [0.2, 0.25) is 0 Å². The molecular weight excluding hydrogens is 507 g/mol. The lowest BCUT2D eigenvalue weighted by Crippen LogP contribution is -2.57. The lowest BCUT2D eigenvalue weighted by Gasteiger charge is -2.40. The molecule has 0 spiro atoms. The van der Waals surface area contributed by atoms with E-state index in [1.165, 1.54) is 6.92 Å². The number of carbonyl (C=O) groups is 1. The van der Waals surface area contributed by atoms with Gasteiger partial charge in [-0.15, -0.1) is 0 Å². The molecule has 1 amide bonds. The number of aliphatic hydroxyl groups excluding tert-OH is 1. The third kappa shape index (κ3) is 4.15. The second-order valence-electron chi connectivity index (χ2n) is 9.82. The molecule has 5 rings (SSSR count). The Morgan fingerprint density at radius 2 is 1.63 bits per heavy atom. The molecule has 8 nitrogen and oxygen atoms in total. The highest BCUT2D eigenvalue weighted by Crippen LogP contribution is 2.54. The van der Waals surface area contributed by atoms with Gasteiger partial charge in [0, 0.05) is 27.8 Å². The molecule has 1 saturated heterocycles. The summed E-state index contributed by atoms with van der Waals surface area (Å²) in [6.07, 6.45) is -4.33. The predicted molar refractivity (Wildman–Crippen MR) is 131 cm³/mol. The quantitative estimate of drug-likeness (QED) is 0.170. The summed E-state index contributed by atoms with van der Waals surface area (Å²) in [5.74, 6) is -4.01. The van der Waals surface area contributed by atoms with Gasteiger partial charge in [-0.25, -0.2) is 0 Å². The molecule has 38 heavy (non-hydrogen) atoms. The molecule has 5 atom stereocenters. The molecule has 1 aliphatic carbocycles. The molecule has 1 aliphatic heterocycles. The van der Waals surface area contributed by atoms with E-state index >= 15 is 0 Å². The second kappa shape index (κ2) is 9.25. The highest BCUT2D eigenvalue weighted by atomic mass is 19.4. The van der Waals surface area contributed by atoms with Crippen molar-refractivity contribution in [2.45, 2.75) is 62.6 Å². The molecule has 1 fully saturated rings. The van der Waals surface area contributed by atoms with Gasteiger partial charge in [0.2, 0.25) is 0 Å². The SMILES string of the molecule is C[C@H]1O[C@@H](CC2C=CCc3c2c(O)c2c(O)c4ccccc4c(O)c2c3O)C[C@H](NC(=O)C(F)(F)F)[C@H]1O. The van der Waals surface area contributed by atoms with E-state index in [9.17, 15) is 43.5 Å². The molecule has 11 heteroatoms. The number of fused-ring (bicyclic) bond motifs is 3. The van der Waals surface area contributed by atoms with Gasteiger partial charge in [0.25, 0.3) is 0 Å². The van der Waals surface area contributed by atoms with E-state index in [4.69, 9.17) is 4.74 Å². The number of rotatable bonds is 3. The summed E-state index contributed by atoms with van der Waals surface area (Å²) in [7, 11) is 0. The van der Waals surface area contributed by atoms with Gasteiger partial charge in [-0.05, 0) is 26.2 Å². The van der Waals surface area contributed by atoms with Crippen molar-refractivity contribution in [2.75, 3.05) is 0 Å². The molecule has 0 saturated carbocycles. The number of ether oxygens (including phenoxy) is 1. The number of phenolic OH excluding ortho intramolecular Hbond substituents is 4. The van der Waals surface area contributed by atoms with Crippen molar-refractivity contribution in [1.82, 2.24) is 5.32 Å². The summed E-state index contributed by atoms with van der Waals surface area (Å²) < 4.78 is 44.2. The van der Waals surface area contributed by atoms with Gasteiger partial charge in [0.15, 0.2) is 0 Å².